The third kappa shape index (κ3) is 1.91. The lowest BCUT2D eigenvalue weighted by Gasteiger charge is -2.14. The number of amides is 1. The average molecular weight is 264 g/mol. The van der Waals surface area contributed by atoms with Crippen LogP contribution in [0.25, 0.3) is 0 Å². The monoisotopic (exact) mass is 264 g/mol. The van der Waals surface area contributed by atoms with Crippen molar-refractivity contribution in [3.63, 3.8) is 0 Å². The largest absolute Gasteiger partial charge is 0.285 e. The number of nitrogens with zero attached hydrogens (tertiary/aromatic N) is 2. The van der Waals surface area contributed by atoms with Crippen LogP contribution < -0.4 is 4.90 Å². The summed E-state index contributed by atoms with van der Waals surface area (Å²) in [7, 11) is 0. The minimum absolute atomic E-state index is 0.157. The molecule has 0 bridgehead atoms. The maximum atomic E-state index is 12.4. The fourth-order valence-electron chi connectivity index (χ4n) is 2.24. The molecule has 98 valence electrons. The molecule has 0 aromatic heterocycles. The van der Waals surface area contributed by atoms with Crippen LogP contribution in [0.1, 0.15) is 17.3 Å². The second kappa shape index (κ2) is 4.74. The summed E-state index contributed by atoms with van der Waals surface area (Å²) < 4.78 is 0. The SMILES string of the molecule is CC(=O)N1C(=Nc2ccccc2)C(=O)c2ccccc21. The molecule has 0 saturated carbocycles. The highest BCUT2D eigenvalue weighted by Gasteiger charge is 2.35. The number of carbonyl (C=O) groups excluding carboxylic acids is 2. The molecule has 3 rings (SSSR count). The summed E-state index contributed by atoms with van der Waals surface area (Å²) in [6.07, 6.45) is 0. The van der Waals surface area contributed by atoms with Crippen molar-refractivity contribution in [3.8, 4) is 0 Å². The summed E-state index contributed by atoms with van der Waals surface area (Å²) in [4.78, 5) is 29.9. The van der Waals surface area contributed by atoms with Crippen molar-refractivity contribution in [2.24, 2.45) is 4.99 Å². The second-order valence-electron chi connectivity index (χ2n) is 4.47. The topological polar surface area (TPSA) is 49.7 Å². The molecule has 0 N–H and O–H groups in total. The lowest BCUT2D eigenvalue weighted by Crippen LogP contribution is -2.34. The van der Waals surface area contributed by atoms with E-state index in [0.29, 0.717) is 16.9 Å². The minimum Gasteiger partial charge on any atom is -0.285 e. The van der Waals surface area contributed by atoms with Crippen LogP contribution in [0, 0.1) is 0 Å². The summed E-state index contributed by atoms with van der Waals surface area (Å²) in [6, 6.07) is 16.2. The van der Waals surface area contributed by atoms with Crippen molar-refractivity contribution in [3.05, 3.63) is 60.2 Å². The van der Waals surface area contributed by atoms with Gasteiger partial charge >= 0.3 is 0 Å². The van der Waals surface area contributed by atoms with Gasteiger partial charge in [0.25, 0.3) is 0 Å². The second-order valence-corrected chi connectivity index (χ2v) is 4.47. The van der Waals surface area contributed by atoms with Crippen LogP contribution >= 0.6 is 0 Å². The van der Waals surface area contributed by atoms with E-state index >= 15 is 0 Å². The van der Waals surface area contributed by atoms with Crippen LogP contribution in [-0.2, 0) is 4.79 Å². The fourth-order valence-corrected chi connectivity index (χ4v) is 2.24. The fraction of sp³-hybridized carbons (Fsp3) is 0.0625. The van der Waals surface area contributed by atoms with Crippen molar-refractivity contribution in [1.82, 2.24) is 0 Å². The standard InChI is InChI=1S/C16H12N2O2/c1-11(19)18-14-10-6-5-9-13(14)15(20)16(18)17-12-7-3-2-4-8-12/h2-10H,1H3. The summed E-state index contributed by atoms with van der Waals surface area (Å²) in [5, 5.41) is 0. The van der Waals surface area contributed by atoms with Crippen molar-refractivity contribution in [1.29, 1.82) is 0 Å². The van der Waals surface area contributed by atoms with Crippen molar-refractivity contribution in [2.45, 2.75) is 6.92 Å². The lowest BCUT2D eigenvalue weighted by molar-refractivity contribution is -0.115. The third-order valence-corrected chi connectivity index (χ3v) is 3.11. The van der Waals surface area contributed by atoms with Crippen LogP contribution in [0.3, 0.4) is 0 Å². The van der Waals surface area contributed by atoms with Gasteiger partial charge in [-0.1, -0.05) is 30.3 Å². The molecular weight excluding hydrogens is 252 g/mol. The summed E-state index contributed by atoms with van der Waals surface area (Å²) >= 11 is 0. The number of rotatable bonds is 1. The predicted molar refractivity (Wildman–Crippen MR) is 77.5 cm³/mol. The molecule has 1 amide bonds. The predicted octanol–water partition coefficient (Wildman–Crippen LogP) is 2.97. The van der Waals surface area contributed by atoms with Crippen LogP contribution in [0.15, 0.2) is 59.6 Å². The van der Waals surface area contributed by atoms with Gasteiger partial charge in [-0.25, -0.2) is 4.99 Å². The highest BCUT2D eigenvalue weighted by atomic mass is 16.2. The number of benzene rings is 2. The highest BCUT2D eigenvalue weighted by molar-refractivity contribution is 6.58. The van der Waals surface area contributed by atoms with Gasteiger partial charge in [0.1, 0.15) is 0 Å². The van der Waals surface area contributed by atoms with Gasteiger partial charge in [0.05, 0.1) is 16.9 Å². The van der Waals surface area contributed by atoms with E-state index in [1.54, 1.807) is 36.4 Å². The van der Waals surface area contributed by atoms with E-state index in [1.165, 1.54) is 11.8 Å². The number of hydrogen-bond acceptors (Lipinski definition) is 3. The molecule has 0 aliphatic carbocycles. The summed E-state index contributed by atoms with van der Waals surface area (Å²) in [5.74, 6) is -0.289. The number of hydrogen-bond donors (Lipinski definition) is 0. The number of carbonyl (C=O) groups is 2. The molecule has 0 spiro atoms. The number of para-hydroxylation sites is 2. The molecule has 1 heterocycles. The van der Waals surface area contributed by atoms with E-state index in [2.05, 4.69) is 4.99 Å². The smallest absolute Gasteiger partial charge is 0.231 e. The molecule has 1 aliphatic rings. The number of amidine groups is 1. The van der Waals surface area contributed by atoms with Gasteiger partial charge in [0, 0.05) is 6.92 Å². The minimum atomic E-state index is -0.224. The Bertz CT molecular complexity index is 720. The number of ketones is 1. The Balaban J connectivity index is 2.15. The van der Waals surface area contributed by atoms with Crippen LogP contribution in [0.4, 0.5) is 11.4 Å². The zero-order valence-electron chi connectivity index (χ0n) is 10.9. The highest BCUT2D eigenvalue weighted by Crippen LogP contribution is 2.30. The molecule has 4 nitrogen and oxygen atoms in total. The molecule has 2 aromatic rings. The average Bonchev–Trinajstić information content (AvgIpc) is 2.74. The van der Waals surface area contributed by atoms with E-state index < -0.39 is 0 Å². The van der Waals surface area contributed by atoms with E-state index in [9.17, 15) is 9.59 Å². The molecule has 1 aliphatic heterocycles. The molecule has 0 unspecified atom stereocenters. The Labute approximate surface area is 116 Å². The van der Waals surface area contributed by atoms with Gasteiger partial charge in [0.2, 0.25) is 11.7 Å². The van der Waals surface area contributed by atoms with Crippen molar-refractivity contribution < 1.29 is 9.59 Å². The first kappa shape index (κ1) is 12.3. The Hall–Kier alpha value is -2.75. The quantitative estimate of drug-likeness (QED) is 0.795. The van der Waals surface area contributed by atoms with Gasteiger partial charge in [-0.05, 0) is 24.3 Å². The van der Waals surface area contributed by atoms with Crippen molar-refractivity contribution in [2.75, 3.05) is 4.90 Å². The first-order valence-electron chi connectivity index (χ1n) is 6.26. The third-order valence-electron chi connectivity index (χ3n) is 3.11. The van der Waals surface area contributed by atoms with Gasteiger partial charge in [-0.3, -0.25) is 14.5 Å². The maximum absolute atomic E-state index is 12.4. The van der Waals surface area contributed by atoms with E-state index in [-0.39, 0.29) is 17.5 Å². The molecule has 0 saturated heterocycles. The molecular formula is C16H12N2O2. The Kier molecular flexibility index (Phi) is 2.91. The zero-order chi connectivity index (χ0) is 14.1. The first-order chi connectivity index (χ1) is 9.68. The zero-order valence-corrected chi connectivity index (χ0v) is 10.9. The van der Waals surface area contributed by atoms with Crippen LogP contribution in [0.5, 0.6) is 0 Å². The van der Waals surface area contributed by atoms with E-state index in [0.717, 1.165) is 0 Å². The lowest BCUT2D eigenvalue weighted by atomic mass is 10.1. The Morgan fingerprint density at radius 1 is 1.00 bits per heavy atom. The molecule has 20 heavy (non-hydrogen) atoms. The molecule has 0 fully saturated rings. The van der Waals surface area contributed by atoms with Gasteiger partial charge in [-0.2, -0.15) is 0 Å². The molecule has 4 heteroatoms. The molecule has 2 aromatic carbocycles. The first-order valence-corrected chi connectivity index (χ1v) is 6.26. The number of Topliss-reactive ketones (excluding diaryl/α,β-unsaturated/α-hetero) is 1. The van der Waals surface area contributed by atoms with Crippen molar-refractivity contribution >= 4 is 28.9 Å². The normalized spacial score (nSPS) is 15.6. The van der Waals surface area contributed by atoms with Crippen LogP contribution in [0.2, 0.25) is 0 Å². The van der Waals surface area contributed by atoms with Crippen LogP contribution in [-0.4, -0.2) is 17.5 Å². The van der Waals surface area contributed by atoms with Gasteiger partial charge in [-0.15, -0.1) is 0 Å². The summed E-state index contributed by atoms with van der Waals surface area (Å²) in [5.41, 5.74) is 1.76. The van der Waals surface area contributed by atoms with Gasteiger partial charge in [0.15, 0.2) is 5.84 Å². The Morgan fingerprint density at radius 3 is 2.35 bits per heavy atom. The number of aliphatic imine (C=N–C) groups is 1. The summed E-state index contributed by atoms with van der Waals surface area (Å²) in [6.45, 7) is 1.43. The number of fused-ring (bicyclic) bond motifs is 1. The molecule has 0 atom stereocenters. The maximum Gasteiger partial charge on any atom is 0.231 e. The Morgan fingerprint density at radius 2 is 1.65 bits per heavy atom. The van der Waals surface area contributed by atoms with Gasteiger partial charge < -0.3 is 0 Å². The molecule has 0 radical (unpaired) electrons. The van der Waals surface area contributed by atoms with E-state index in [1.807, 2.05) is 18.2 Å². The van der Waals surface area contributed by atoms with E-state index in [4.69, 9.17) is 0 Å². The number of anilines is 1.